The van der Waals surface area contributed by atoms with Gasteiger partial charge in [0.15, 0.2) is 0 Å². The molecule has 4 nitrogen and oxygen atoms in total. The van der Waals surface area contributed by atoms with Gasteiger partial charge < -0.3 is 10.5 Å². The van der Waals surface area contributed by atoms with Gasteiger partial charge in [0, 0.05) is 16.9 Å². The van der Waals surface area contributed by atoms with Crippen LogP contribution in [-0.2, 0) is 6.42 Å². The van der Waals surface area contributed by atoms with Crippen LogP contribution in [0, 0.1) is 6.92 Å². The Kier molecular flexibility index (Phi) is 4.27. The maximum atomic E-state index is 5.92. The van der Waals surface area contributed by atoms with E-state index in [9.17, 15) is 0 Å². The van der Waals surface area contributed by atoms with Crippen LogP contribution < -0.4 is 10.5 Å². The maximum Gasteiger partial charge on any atom is 0.131 e. The summed E-state index contributed by atoms with van der Waals surface area (Å²) in [5.41, 5.74) is 6.84. The molecule has 0 saturated heterocycles. The third-order valence-electron chi connectivity index (χ3n) is 2.76. The number of nitrogen functional groups attached to an aromatic ring is 1. The smallest absolute Gasteiger partial charge is 0.131 e. The molecule has 2 rings (SSSR count). The molecular weight excluding hydrogens is 258 g/mol. The number of benzene rings is 1. The summed E-state index contributed by atoms with van der Waals surface area (Å²) < 4.78 is 5.22. The van der Waals surface area contributed by atoms with Gasteiger partial charge in [-0.15, -0.1) is 0 Å². The van der Waals surface area contributed by atoms with Gasteiger partial charge in [0.2, 0.25) is 0 Å². The Morgan fingerprint density at radius 2 is 2.11 bits per heavy atom. The molecule has 0 bridgehead atoms. The van der Waals surface area contributed by atoms with Crippen molar-refractivity contribution < 1.29 is 4.74 Å². The van der Waals surface area contributed by atoms with Crippen molar-refractivity contribution in [3.63, 3.8) is 0 Å². The van der Waals surface area contributed by atoms with Crippen LogP contribution in [0.3, 0.4) is 0 Å². The first-order valence-corrected chi connectivity index (χ1v) is 6.90. The topological polar surface area (TPSA) is 61.0 Å². The lowest BCUT2D eigenvalue weighted by Crippen LogP contribution is -2.03. The second-order valence-corrected chi connectivity index (χ2v) is 5.15. The van der Waals surface area contributed by atoms with Crippen molar-refractivity contribution in [2.45, 2.75) is 30.2 Å². The summed E-state index contributed by atoms with van der Waals surface area (Å²) in [7, 11) is 1.66. The van der Waals surface area contributed by atoms with Crippen molar-refractivity contribution in [2.75, 3.05) is 12.8 Å². The largest absolute Gasteiger partial charge is 0.497 e. The summed E-state index contributed by atoms with van der Waals surface area (Å²) in [5.74, 6) is 2.16. The molecule has 2 aromatic rings. The maximum absolute atomic E-state index is 5.92. The third-order valence-corrected chi connectivity index (χ3v) is 3.84. The highest BCUT2D eigenvalue weighted by Gasteiger charge is 2.09. The van der Waals surface area contributed by atoms with Gasteiger partial charge in [-0.2, -0.15) is 0 Å². The number of hydrogen-bond acceptors (Lipinski definition) is 5. The summed E-state index contributed by atoms with van der Waals surface area (Å²) in [6.07, 6.45) is 0.774. The zero-order valence-corrected chi connectivity index (χ0v) is 12.1. The molecule has 5 heteroatoms. The van der Waals surface area contributed by atoms with Crippen LogP contribution in [0.25, 0.3) is 0 Å². The van der Waals surface area contributed by atoms with Gasteiger partial charge in [-0.1, -0.05) is 24.8 Å². The van der Waals surface area contributed by atoms with E-state index in [4.69, 9.17) is 10.5 Å². The van der Waals surface area contributed by atoms with Gasteiger partial charge in [0.05, 0.1) is 7.11 Å². The molecule has 0 aliphatic heterocycles. The molecule has 0 aliphatic carbocycles. The second-order valence-electron chi connectivity index (χ2n) is 4.09. The first-order valence-electron chi connectivity index (χ1n) is 6.09. The molecule has 1 aromatic carbocycles. The summed E-state index contributed by atoms with van der Waals surface area (Å²) in [5, 5.41) is 0.901. The van der Waals surface area contributed by atoms with E-state index in [2.05, 4.69) is 9.97 Å². The van der Waals surface area contributed by atoms with E-state index < -0.39 is 0 Å². The number of anilines is 1. The zero-order valence-electron chi connectivity index (χ0n) is 11.3. The second kappa shape index (κ2) is 5.93. The average molecular weight is 275 g/mol. The lowest BCUT2D eigenvalue weighted by molar-refractivity contribution is 0.413. The summed E-state index contributed by atoms with van der Waals surface area (Å²) >= 11 is 1.58. The van der Waals surface area contributed by atoms with E-state index in [0.717, 1.165) is 33.5 Å². The van der Waals surface area contributed by atoms with Crippen molar-refractivity contribution in [2.24, 2.45) is 0 Å². The molecule has 1 heterocycles. The van der Waals surface area contributed by atoms with E-state index >= 15 is 0 Å². The molecule has 0 spiro atoms. The number of hydrogen-bond donors (Lipinski definition) is 1. The highest BCUT2D eigenvalue weighted by Crippen LogP contribution is 2.32. The minimum Gasteiger partial charge on any atom is -0.497 e. The number of aromatic nitrogens is 2. The fourth-order valence-electron chi connectivity index (χ4n) is 1.59. The normalized spacial score (nSPS) is 10.5. The SMILES string of the molecule is CCc1nc(N)c(C)c(Sc2cccc(OC)c2)n1. The Balaban J connectivity index is 2.34. The van der Waals surface area contributed by atoms with Crippen LogP contribution in [0.2, 0.25) is 0 Å². The third kappa shape index (κ3) is 3.17. The van der Waals surface area contributed by atoms with Gasteiger partial charge in [-0.05, 0) is 25.1 Å². The number of methoxy groups -OCH3 is 1. The van der Waals surface area contributed by atoms with Crippen molar-refractivity contribution in [1.29, 1.82) is 0 Å². The monoisotopic (exact) mass is 275 g/mol. The molecule has 0 aliphatic rings. The van der Waals surface area contributed by atoms with E-state index in [1.165, 1.54) is 0 Å². The average Bonchev–Trinajstić information content (AvgIpc) is 2.43. The minimum absolute atomic E-state index is 0.553. The van der Waals surface area contributed by atoms with E-state index in [1.807, 2.05) is 38.1 Å². The van der Waals surface area contributed by atoms with Crippen LogP contribution in [-0.4, -0.2) is 17.1 Å². The predicted molar refractivity (Wildman–Crippen MR) is 77.7 cm³/mol. The fourth-order valence-corrected chi connectivity index (χ4v) is 2.55. The number of rotatable bonds is 4. The number of nitrogens with two attached hydrogens (primary N) is 1. The van der Waals surface area contributed by atoms with E-state index in [1.54, 1.807) is 18.9 Å². The van der Waals surface area contributed by atoms with Gasteiger partial charge in [-0.25, -0.2) is 9.97 Å². The van der Waals surface area contributed by atoms with Crippen molar-refractivity contribution in [3.8, 4) is 5.75 Å². The molecule has 0 fully saturated rings. The highest BCUT2D eigenvalue weighted by molar-refractivity contribution is 7.99. The van der Waals surface area contributed by atoms with E-state index in [-0.39, 0.29) is 0 Å². The molecule has 19 heavy (non-hydrogen) atoms. The summed E-state index contributed by atoms with van der Waals surface area (Å²) in [6.45, 7) is 3.96. The Morgan fingerprint density at radius 3 is 2.79 bits per heavy atom. The lowest BCUT2D eigenvalue weighted by atomic mass is 10.3. The molecule has 0 radical (unpaired) electrons. The molecule has 1 aromatic heterocycles. The lowest BCUT2D eigenvalue weighted by Gasteiger charge is -2.09. The van der Waals surface area contributed by atoms with Crippen LogP contribution >= 0.6 is 11.8 Å². The molecular formula is C14H17N3OS. The predicted octanol–water partition coefficient (Wildman–Crippen LogP) is 3.09. The summed E-state index contributed by atoms with van der Waals surface area (Å²) in [4.78, 5) is 9.86. The Bertz CT molecular complexity index is 587. The molecule has 0 unspecified atom stereocenters. The van der Waals surface area contributed by atoms with Crippen molar-refractivity contribution >= 4 is 17.6 Å². The van der Waals surface area contributed by atoms with Gasteiger partial charge in [0.1, 0.15) is 22.4 Å². The Morgan fingerprint density at radius 1 is 1.32 bits per heavy atom. The molecule has 100 valence electrons. The van der Waals surface area contributed by atoms with Crippen LogP contribution in [0.1, 0.15) is 18.3 Å². The molecule has 0 saturated carbocycles. The van der Waals surface area contributed by atoms with Crippen LogP contribution in [0.5, 0.6) is 5.75 Å². The number of aryl methyl sites for hydroxylation is 1. The fraction of sp³-hybridized carbons (Fsp3) is 0.286. The Labute approximate surface area is 117 Å². The molecule has 0 amide bonds. The molecule has 0 atom stereocenters. The minimum atomic E-state index is 0.553. The standard InChI is InChI=1S/C14H17N3OS/c1-4-12-16-13(15)9(2)14(17-12)19-11-7-5-6-10(8-11)18-3/h5-8H,4H2,1-3H3,(H2,15,16,17). The van der Waals surface area contributed by atoms with Crippen molar-refractivity contribution in [3.05, 3.63) is 35.7 Å². The summed E-state index contributed by atoms with van der Waals surface area (Å²) in [6, 6.07) is 7.88. The van der Waals surface area contributed by atoms with Gasteiger partial charge in [0.25, 0.3) is 0 Å². The first kappa shape index (κ1) is 13.7. The van der Waals surface area contributed by atoms with E-state index in [0.29, 0.717) is 5.82 Å². The van der Waals surface area contributed by atoms with Crippen LogP contribution in [0.4, 0.5) is 5.82 Å². The molecule has 2 N–H and O–H groups in total. The Hall–Kier alpha value is -1.75. The number of nitrogens with zero attached hydrogens (tertiary/aromatic N) is 2. The van der Waals surface area contributed by atoms with Gasteiger partial charge >= 0.3 is 0 Å². The van der Waals surface area contributed by atoms with Crippen LogP contribution in [0.15, 0.2) is 34.2 Å². The highest BCUT2D eigenvalue weighted by atomic mass is 32.2. The number of ether oxygens (including phenoxy) is 1. The quantitative estimate of drug-likeness (QED) is 0.869. The van der Waals surface area contributed by atoms with Crippen molar-refractivity contribution in [1.82, 2.24) is 9.97 Å². The van der Waals surface area contributed by atoms with Gasteiger partial charge in [-0.3, -0.25) is 0 Å². The first-order chi connectivity index (χ1) is 9.13. The zero-order chi connectivity index (χ0) is 13.8.